The number of hydrogen-bond donors (Lipinski definition) is 0. The summed E-state index contributed by atoms with van der Waals surface area (Å²) in [5, 5.41) is 2.45. The Labute approximate surface area is 182 Å². The van der Waals surface area contributed by atoms with Gasteiger partial charge in [0.2, 0.25) is 5.91 Å². The molecule has 0 saturated carbocycles. The smallest absolute Gasteiger partial charge is 0.272 e. The van der Waals surface area contributed by atoms with Gasteiger partial charge in [-0.1, -0.05) is 30.8 Å². The number of aromatic nitrogens is 2. The summed E-state index contributed by atoms with van der Waals surface area (Å²) < 4.78 is 16.3. The van der Waals surface area contributed by atoms with Crippen LogP contribution in [0.2, 0.25) is 0 Å². The van der Waals surface area contributed by atoms with Gasteiger partial charge in [0.05, 0.1) is 17.0 Å². The minimum Gasteiger partial charge on any atom is -0.366 e. The van der Waals surface area contributed by atoms with Crippen LogP contribution < -0.4 is 10.5 Å². The fourth-order valence-electron chi connectivity index (χ4n) is 3.58. The van der Waals surface area contributed by atoms with E-state index in [1.54, 1.807) is 21.6 Å². The van der Waals surface area contributed by atoms with E-state index >= 15 is 0 Å². The first-order chi connectivity index (χ1) is 14.6. The molecule has 9 heteroatoms. The molecule has 0 unspecified atom stereocenters. The van der Waals surface area contributed by atoms with Crippen LogP contribution in [0.1, 0.15) is 13.3 Å². The summed E-state index contributed by atoms with van der Waals surface area (Å²) in [5.41, 5.74) is 1.23. The number of carbonyl (C=O) groups is 1. The van der Waals surface area contributed by atoms with Crippen LogP contribution in [0.4, 0.5) is 10.1 Å². The number of fused-ring (bicyclic) bond motifs is 1. The summed E-state index contributed by atoms with van der Waals surface area (Å²) in [7, 11) is 0. The molecule has 0 atom stereocenters. The van der Waals surface area contributed by atoms with Crippen molar-refractivity contribution in [2.75, 3.05) is 36.8 Å². The molecule has 3 aromatic rings. The molecule has 0 spiro atoms. The first kappa shape index (κ1) is 20.9. The lowest BCUT2D eigenvalue weighted by atomic mass is 10.2. The van der Waals surface area contributed by atoms with E-state index in [4.69, 9.17) is 0 Å². The summed E-state index contributed by atoms with van der Waals surface area (Å²) in [6.45, 7) is 4.88. The molecule has 30 heavy (non-hydrogen) atoms. The average molecular weight is 447 g/mol. The molecule has 1 fully saturated rings. The number of hydrogen-bond acceptors (Lipinski definition) is 6. The maximum atomic E-state index is 14.0. The molecule has 0 N–H and O–H groups in total. The van der Waals surface area contributed by atoms with E-state index in [1.807, 2.05) is 29.3 Å². The number of carbonyl (C=O) groups excluding carboxylic acids is 1. The number of anilines is 1. The minimum atomic E-state index is -0.239. The molecule has 1 saturated heterocycles. The highest BCUT2D eigenvalue weighted by molar-refractivity contribution is 7.99. The Hall–Kier alpha value is -2.39. The van der Waals surface area contributed by atoms with Gasteiger partial charge in [0.25, 0.3) is 5.56 Å². The molecule has 6 nitrogen and oxygen atoms in total. The van der Waals surface area contributed by atoms with Gasteiger partial charge in [0.1, 0.15) is 10.5 Å². The number of thioether (sulfide) groups is 1. The third-order valence-corrected chi connectivity index (χ3v) is 6.98. The van der Waals surface area contributed by atoms with Crippen LogP contribution in [0.25, 0.3) is 10.2 Å². The van der Waals surface area contributed by atoms with Crippen LogP contribution >= 0.6 is 23.1 Å². The Bertz CT molecular complexity index is 1110. The number of piperazine rings is 1. The largest absolute Gasteiger partial charge is 0.366 e. The van der Waals surface area contributed by atoms with E-state index < -0.39 is 0 Å². The predicted molar refractivity (Wildman–Crippen MR) is 120 cm³/mol. The van der Waals surface area contributed by atoms with E-state index in [0.29, 0.717) is 53.8 Å². The van der Waals surface area contributed by atoms with Crippen molar-refractivity contribution in [3.8, 4) is 0 Å². The molecule has 1 aliphatic heterocycles. The van der Waals surface area contributed by atoms with Crippen LogP contribution in [0.15, 0.2) is 45.7 Å². The van der Waals surface area contributed by atoms with Gasteiger partial charge in [-0.25, -0.2) is 9.37 Å². The van der Waals surface area contributed by atoms with Crippen molar-refractivity contribution in [3.05, 3.63) is 51.9 Å². The third-order valence-electron chi connectivity index (χ3n) is 5.13. The van der Waals surface area contributed by atoms with Gasteiger partial charge in [-0.15, -0.1) is 11.3 Å². The second kappa shape index (κ2) is 9.18. The quantitative estimate of drug-likeness (QED) is 0.429. The molecule has 1 aromatic carbocycles. The highest BCUT2D eigenvalue weighted by Gasteiger charge is 2.23. The molecule has 158 valence electrons. The number of halogens is 1. The molecule has 1 aliphatic rings. The molecular weight excluding hydrogens is 423 g/mol. The van der Waals surface area contributed by atoms with Gasteiger partial charge in [0.15, 0.2) is 5.16 Å². The molecule has 0 aliphatic carbocycles. The highest BCUT2D eigenvalue weighted by atomic mass is 32.2. The van der Waals surface area contributed by atoms with Crippen LogP contribution in [-0.4, -0.2) is 52.3 Å². The Morgan fingerprint density at radius 3 is 2.70 bits per heavy atom. The molecule has 0 radical (unpaired) electrons. The summed E-state index contributed by atoms with van der Waals surface area (Å²) in [4.78, 5) is 33.9. The number of benzene rings is 1. The number of thiophene rings is 1. The summed E-state index contributed by atoms with van der Waals surface area (Å²) in [6.07, 6.45) is 0.817. The van der Waals surface area contributed by atoms with Gasteiger partial charge < -0.3 is 9.80 Å². The first-order valence-electron chi connectivity index (χ1n) is 9.96. The van der Waals surface area contributed by atoms with E-state index in [9.17, 15) is 14.0 Å². The lowest BCUT2D eigenvalue weighted by Crippen LogP contribution is -2.49. The van der Waals surface area contributed by atoms with Crippen molar-refractivity contribution in [2.45, 2.75) is 25.0 Å². The lowest BCUT2D eigenvalue weighted by Gasteiger charge is -2.36. The molecule has 3 heterocycles. The molecule has 4 rings (SSSR count). The second-order valence-electron chi connectivity index (χ2n) is 7.09. The van der Waals surface area contributed by atoms with Crippen molar-refractivity contribution in [2.24, 2.45) is 0 Å². The maximum Gasteiger partial charge on any atom is 0.272 e. The number of para-hydroxylation sites is 1. The van der Waals surface area contributed by atoms with E-state index in [2.05, 4.69) is 4.98 Å². The second-order valence-corrected chi connectivity index (χ2v) is 8.95. The Morgan fingerprint density at radius 2 is 1.97 bits per heavy atom. The maximum absolute atomic E-state index is 14.0. The van der Waals surface area contributed by atoms with Gasteiger partial charge >= 0.3 is 0 Å². The number of nitrogens with zero attached hydrogens (tertiary/aromatic N) is 4. The van der Waals surface area contributed by atoms with Crippen LogP contribution in [0.3, 0.4) is 0 Å². The number of rotatable bonds is 6. The summed E-state index contributed by atoms with van der Waals surface area (Å²) >= 11 is 2.71. The predicted octanol–water partition coefficient (Wildman–Crippen LogP) is 3.45. The van der Waals surface area contributed by atoms with Gasteiger partial charge in [-0.05, 0) is 30.0 Å². The fourth-order valence-corrected chi connectivity index (χ4v) is 5.28. The Balaban J connectivity index is 1.40. The van der Waals surface area contributed by atoms with Gasteiger partial charge in [-0.3, -0.25) is 14.2 Å². The highest BCUT2D eigenvalue weighted by Crippen LogP contribution is 2.23. The standard InChI is InChI=1S/C21H23FN4O2S2/c1-2-8-26-20(28)19-16(7-13-29-19)23-21(26)30-14-18(27)25-11-9-24(10-12-25)17-6-4-3-5-15(17)22/h3-7,13H,2,8-12,14H2,1H3. The minimum absolute atomic E-state index is 0.0101. The van der Waals surface area contributed by atoms with Crippen LogP contribution in [-0.2, 0) is 11.3 Å². The average Bonchev–Trinajstić information content (AvgIpc) is 3.24. The fraction of sp³-hybridized carbons (Fsp3) is 0.381. The topological polar surface area (TPSA) is 58.4 Å². The van der Waals surface area contributed by atoms with Crippen molar-refractivity contribution in [3.63, 3.8) is 0 Å². The SMILES string of the molecule is CCCn1c(SCC(=O)N2CCN(c3ccccc3F)CC2)nc2ccsc2c1=O. The molecular formula is C21H23FN4O2S2. The molecule has 0 bridgehead atoms. The van der Waals surface area contributed by atoms with Crippen LogP contribution in [0.5, 0.6) is 0 Å². The number of amides is 1. The van der Waals surface area contributed by atoms with Crippen LogP contribution in [0, 0.1) is 5.82 Å². The van der Waals surface area contributed by atoms with Crippen molar-refractivity contribution in [1.29, 1.82) is 0 Å². The van der Waals surface area contributed by atoms with Gasteiger partial charge in [-0.2, -0.15) is 0 Å². The molecule has 2 aromatic heterocycles. The third kappa shape index (κ3) is 4.22. The van der Waals surface area contributed by atoms with Crippen molar-refractivity contribution < 1.29 is 9.18 Å². The summed E-state index contributed by atoms with van der Waals surface area (Å²) in [6, 6.07) is 8.55. The Kier molecular flexibility index (Phi) is 6.38. The summed E-state index contributed by atoms with van der Waals surface area (Å²) in [5.74, 6) is -0.00147. The Morgan fingerprint density at radius 1 is 1.20 bits per heavy atom. The molecule has 1 amide bonds. The normalized spacial score (nSPS) is 14.5. The van der Waals surface area contributed by atoms with Crippen molar-refractivity contribution in [1.82, 2.24) is 14.5 Å². The first-order valence-corrected chi connectivity index (χ1v) is 11.8. The van der Waals surface area contributed by atoms with Gasteiger partial charge in [0, 0.05) is 32.7 Å². The lowest BCUT2D eigenvalue weighted by molar-refractivity contribution is -0.128. The van der Waals surface area contributed by atoms with E-state index in [0.717, 1.165) is 6.42 Å². The zero-order valence-electron chi connectivity index (χ0n) is 16.7. The monoisotopic (exact) mass is 446 g/mol. The van der Waals surface area contributed by atoms with Crippen molar-refractivity contribution >= 4 is 44.9 Å². The van der Waals surface area contributed by atoms with E-state index in [1.165, 1.54) is 29.2 Å². The zero-order valence-corrected chi connectivity index (χ0v) is 18.3. The zero-order chi connectivity index (χ0) is 21.1. The van der Waals surface area contributed by atoms with E-state index in [-0.39, 0.29) is 23.0 Å².